The predicted octanol–water partition coefficient (Wildman–Crippen LogP) is 5.32. The summed E-state index contributed by atoms with van der Waals surface area (Å²) in [6.45, 7) is 0. The van der Waals surface area contributed by atoms with E-state index in [4.69, 9.17) is 28.9 Å². The maximum atomic E-state index is 6.31. The predicted molar refractivity (Wildman–Crippen MR) is 82.2 cm³/mol. The smallest absolute Gasteiger partial charge is 0.0995 e. The molecule has 0 amide bonds. The summed E-state index contributed by atoms with van der Waals surface area (Å²) in [4.78, 5) is 0. The highest BCUT2D eigenvalue weighted by Crippen LogP contribution is 2.39. The second-order valence-electron chi connectivity index (χ2n) is 3.94. The van der Waals surface area contributed by atoms with Gasteiger partial charge < -0.3 is 5.73 Å². The summed E-state index contributed by atoms with van der Waals surface area (Å²) < 4.78 is 2.58. The molecule has 1 nitrogen and oxygen atoms in total. The van der Waals surface area contributed by atoms with Gasteiger partial charge in [0.05, 0.1) is 14.7 Å². The number of hydrogen-bond donors (Lipinski definition) is 1. The van der Waals surface area contributed by atoms with Crippen LogP contribution in [-0.2, 0) is 0 Å². The van der Waals surface area contributed by atoms with Crippen molar-refractivity contribution >= 4 is 56.0 Å². The van der Waals surface area contributed by atoms with Crippen molar-refractivity contribution in [2.45, 2.75) is 6.04 Å². The molecule has 0 saturated heterocycles. The van der Waals surface area contributed by atoms with Crippen LogP contribution in [0.1, 0.15) is 17.2 Å². The van der Waals surface area contributed by atoms with Gasteiger partial charge in [-0.1, -0.05) is 41.4 Å². The van der Waals surface area contributed by atoms with Crippen LogP contribution in [0, 0.1) is 0 Å². The van der Waals surface area contributed by atoms with E-state index in [0.717, 1.165) is 11.1 Å². The molecule has 0 spiro atoms. The molecule has 0 aliphatic carbocycles. The summed E-state index contributed by atoms with van der Waals surface area (Å²) in [6.07, 6.45) is 0. The van der Waals surface area contributed by atoms with E-state index in [-0.39, 0.29) is 6.04 Å². The van der Waals surface area contributed by atoms with Crippen molar-refractivity contribution in [1.82, 2.24) is 0 Å². The Morgan fingerprint density at radius 1 is 1.11 bits per heavy atom. The number of benzene rings is 1. The fraction of sp³-hybridized carbons (Fsp3) is 0.0769. The molecule has 2 aromatic heterocycles. The molecule has 1 unspecified atom stereocenters. The SMILES string of the molecule is NC(c1cc(Cl)sc1Cl)c1csc2ccccc12. The van der Waals surface area contributed by atoms with E-state index in [2.05, 4.69) is 17.5 Å². The molecule has 1 aromatic carbocycles. The minimum atomic E-state index is -0.225. The van der Waals surface area contributed by atoms with E-state index in [1.807, 2.05) is 18.2 Å². The Hall–Kier alpha value is -0.580. The van der Waals surface area contributed by atoms with Gasteiger partial charge in [-0.2, -0.15) is 0 Å². The van der Waals surface area contributed by atoms with E-state index in [0.29, 0.717) is 8.67 Å². The Morgan fingerprint density at radius 3 is 2.61 bits per heavy atom. The maximum Gasteiger partial charge on any atom is 0.0995 e. The molecule has 2 N–H and O–H groups in total. The average Bonchev–Trinajstić information content (AvgIpc) is 2.92. The van der Waals surface area contributed by atoms with E-state index < -0.39 is 0 Å². The van der Waals surface area contributed by atoms with E-state index >= 15 is 0 Å². The molecule has 0 radical (unpaired) electrons. The fourth-order valence-corrected chi connectivity index (χ4v) is 4.52. The van der Waals surface area contributed by atoms with Crippen LogP contribution in [0.25, 0.3) is 10.1 Å². The molecule has 0 bridgehead atoms. The third kappa shape index (κ3) is 2.06. The molecular weight excluding hydrogens is 305 g/mol. The Bertz CT molecular complexity index is 702. The van der Waals surface area contributed by atoms with Crippen LogP contribution in [0.3, 0.4) is 0 Å². The second-order valence-corrected chi connectivity index (χ2v) is 7.14. The number of nitrogens with two attached hydrogens (primary N) is 1. The van der Waals surface area contributed by atoms with Crippen LogP contribution in [0.4, 0.5) is 0 Å². The Balaban J connectivity index is 2.12. The van der Waals surface area contributed by atoms with Crippen molar-refractivity contribution < 1.29 is 0 Å². The average molecular weight is 314 g/mol. The summed E-state index contributed by atoms with van der Waals surface area (Å²) in [5.41, 5.74) is 8.31. The Kier molecular flexibility index (Phi) is 3.34. The van der Waals surface area contributed by atoms with Crippen LogP contribution in [0.15, 0.2) is 35.7 Å². The topological polar surface area (TPSA) is 26.0 Å². The summed E-state index contributed by atoms with van der Waals surface area (Å²) in [7, 11) is 0. The highest BCUT2D eigenvalue weighted by atomic mass is 35.5. The lowest BCUT2D eigenvalue weighted by molar-refractivity contribution is 0.891. The van der Waals surface area contributed by atoms with Gasteiger partial charge in [0.25, 0.3) is 0 Å². The van der Waals surface area contributed by atoms with Gasteiger partial charge in [-0.25, -0.2) is 0 Å². The molecule has 92 valence electrons. The van der Waals surface area contributed by atoms with Crippen LogP contribution in [0.5, 0.6) is 0 Å². The van der Waals surface area contributed by atoms with Crippen molar-refractivity contribution in [1.29, 1.82) is 0 Å². The van der Waals surface area contributed by atoms with E-state index in [9.17, 15) is 0 Å². The quantitative estimate of drug-likeness (QED) is 0.681. The third-order valence-electron chi connectivity index (χ3n) is 2.86. The van der Waals surface area contributed by atoms with Crippen LogP contribution in [-0.4, -0.2) is 0 Å². The summed E-state index contributed by atoms with van der Waals surface area (Å²) in [5.74, 6) is 0. The van der Waals surface area contributed by atoms with Crippen molar-refractivity contribution in [2.24, 2.45) is 5.73 Å². The monoisotopic (exact) mass is 313 g/mol. The van der Waals surface area contributed by atoms with Gasteiger partial charge in [-0.3, -0.25) is 0 Å². The zero-order chi connectivity index (χ0) is 12.7. The lowest BCUT2D eigenvalue weighted by atomic mass is 10.0. The van der Waals surface area contributed by atoms with Crippen LogP contribution < -0.4 is 5.73 Å². The van der Waals surface area contributed by atoms with Crippen molar-refractivity contribution in [2.75, 3.05) is 0 Å². The van der Waals surface area contributed by atoms with Crippen molar-refractivity contribution in [3.63, 3.8) is 0 Å². The highest BCUT2D eigenvalue weighted by molar-refractivity contribution is 7.20. The molecule has 1 atom stereocenters. The van der Waals surface area contributed by atoms with E-state index in [1.54, 1.807) is 11.3 Å². The molecule has 0 fully saturated rings. The molecule has 0 aliphatic rings. The van der Waals surface area contributed by atoms with Crippen LogP contribution in [0.2, 0.25) is 8.67 Å². The first-order chi connectivity index (χ1) is 8.66. The standard InChI is InChI=1S/C13H9Cl2NS2/c14-11-5-8(13(15)18-11)12(16)9-6-17-10-4-2-1-3-7(9)10/h1-6,12H,16H2. The first-order valence-corrected chi connectivity index (χ1v) is 7.78. The second kappa shape index (κ2) is 4.83. The zero-order valence-electron chi connectivity index (χ0n) is 9.19. The van der Waals surface area contributed by atoms with Gasteiger partial charge in [-0.15, -0.1) is 22.7 Å². The molecule has 3 aromatic rings. The molecule has 0 saturated carbocycles. The number of fused-ring (bicyclic) bond motifs is 1. The Labute approximate surface area is 123 Å². The largest absolute Gasteiger partial charge is 0.320 e. The third-order valence-corrected chi connectivity index (χ3v) is 5.36. The van der Waals surface area contributed by atoms with Gasteiger partial charge in [-0.05, 0) is 28.5 Å². The fourth-order valence-electron chi connectivity index (χ4n) is 1.97. The minimum absolute atomic E-state index is 0.225. The minimum Gasteiger partial charge on any atom is -0.320 e. The number of rotatable bonds is 2. The van der Waals surface area contributed by atoms with E-state index in [1.165, 1.54) is 21.4 Å². The van der Waals surface area contributed by atoms with Gasteiger partial charge in [0.15, 0.2) is 0 Å². The molecule has 2 heterocycles. The normalized spacial score (nSPS) is 13.1. The lowest BCUT2D eigenvalue weighted by Gasteiger charge is -2.09. The first kappa shape index (κ1) is 12.5. The molecule has 0 aliphatic heterocycles. The number of thiophene rings is 2. The molecular formula is C13H9Cl2NS2. The van der Waals surface area contributed by atoms with Gasteiger partial charge in [0.1, 0.15) is 0 Å². The summed E-state index contributed by atoms with van der Waals surface area (Å²) in [6, 6.07) is 9.86. The number of hydrogen-bond acceptors (Lipinski definition) is 3. The Morgan fingerprint density at radius 2 is 1.89 bits per heavy atom. The summed E-state index contributed by atoms with van der Waals surface area (Å²) in [5, 5.41) is 3.28. The van der Waals surface area contributed by atoms with Crippen molar-refractivity contribution in [3.05, 3.63) is 55.5 Å². The highest BCUT2D eigenvalue weighted by Gasteiger charge is 2.18. The van der Waals surface area contributed by atoms with Gasteiger partial charge >= 0.3 is 0 Å². The van der Waals surface area contributed by atoms with Gasteiger partial charge in [0.2, 0.25) is 0 Å². The molecule has 18 heavy (non-hydrogen) atoms. The molecule has 5 heteroatoms. The zero-order valence-corrected chi connectivity index (χ0v) is 12.3. The number of halogens is 2. The van der Waals surface area contributed by atoms with Gasteiger partial charge in [0, 0.05) is 10.3 Å². The molecule has 3 rings (SSSR count). The van der Waals surface area contributed by atoms with Crippen molar-refractivity contribution in [3.8, 4) is 0 Å². The first-order valence-electron chi connectivity index (χ1n) is 5.33. The van der Waals surface area contributed by atoms with Crippen LogP contribution >= 0.6 is 45.9 Å². The lowest BCUT2D eigenvalue weighted by Crippen LogP contribution is -2.10. The maximum absolute atomic E-state index is 6.31. The summed E-state index contributed by atoms with van der Waals surface area (Å²) >= 11 is 15.2.